The number of benzene rings is 1. The lowest BCUT2D eigenvalue weighted by atomic mass is 10.2. The van der Waals surface area contributed by atoms with Crippen LogP contribution < -0.4 is 11.1 Å². The first kappa shape index (κ1) is 13.4. The number of aromatic nitrogens is 3. The number of hydrogen-bond acceptors (Lipinski definition) is 5. The number of anilines is 2. The Morgan fingerprint density at radius 3 is 2.86 bits per heavy atom. The Balaban J connectivity index is 2.13. The summed E-state index contributed by atoms with van der Waals surface area (Å²) < 4.78 is 0.933. The standard InChI is InChI=1S/C14H10BrN5O/c15-8-2-1-3-9(6-8)18-13-10-4-5-17-7-11(10)19-14(20-13)12(16)21/h1-7H,(H2,16,21)(H,18,19,20). The summed E-state index contributed by atoms with van der Waals surface area (Å²) in [6, 6.07) is 9.39. The average molecular weight is 344 g/mol. The summed E-state index contributed by atoms with van der Waals surface area (Å²) in [6.07, 6.45) is 3.21. The molecule has 0 spiro atoms. The second-order valence-electron chi connectivity index (χ2n) is 4.29. The fraction of sp³-hybridized carbons (Fsp3) is 0. The van der Waals surface area contributed by atoms with E-state index >= 15 is 0 Å². The van der Waals surface area contributed by atoms with Crippen molar-refractivity contribution in [1.82, 2.24) is 15.0 Å². The van der Waals surface area contributed by atoms with Crippen LogP contribution in [0.2, 0.25) is 0 Å². The smallest absolute Gasteiger partial charge is 0.286 e. The number of amides is 1. The summed E-state index contributed by atoms with van der Waals surface area (Å²) in [5, 5.41) is 3.93. The fourth-order valence-electron chi connectivity index (χ4n) is 1.89. The third-order valence-electron chi connectivity index (χ3n) is 2.81. The van der Waals surface area contributed by atoms with Gasteiger partial charge in [-0.15, -0.1) is 0 Å². The van der Waals surface area contributed by atoms with Gasteiger partial charge in [0.15, 0.2) is 0 Å². The molecule has 7 heteroatoms. The monoisotopic (exact) mass is 343 g/mol. The largest absolute Gasteiger partial charge is 0.363 e. The van der Waals surface area contributed by atoms with Gasteiger partial charge in [0, 0.05) is 21.7 Å². The van der Waals surface area contributed by atoms with Crippen LogP contribution in [-0.2, 0) is 0 Å². The molecule has 0 aliphatic heterocycles. The minimum absolute atomic E-state index is 0.0482. The van der Waals surface area contributed by atoms with Crippen molar-refractivity contribution in [2.24, 2.45) is 5.73 Å². The molecule has 0 fully saturated rings. The summed E-state index contributed by atoms with van der Waals surface area (Å²) in [5.74, 6) is -0.222. The van der Waals surface area contributed by atoms with E-state index in [1.165, 1.54) is 0 Å². The highest BCUT2D eigenvalue weighted by Gasteiger charge is 2.11. The van der Waals surface area contributed by atoms with E-state index in [9.17, 15) is 4.79 Å². The van der Waals surface area contributed by atoms with Crippen molar-refractivity contribution in [1.29, 1.82) is 0 Å². The Bertz CT molecular complexity index is 836. The minimum Gasteiger partial charge on any atom is -0.363 e. The van der Waals surface area contributed by atoms with Gasteiger partial charge >= 0.3 is 0 Å². The Morgan fingerprint density at radius 1 is 1.24 bits per heavy atom. The molecule has 0 aliphatic carbocycles. The van der Waals surface area contributed by atoms with Gasteiger partial charge in [0.1, 0.15) is 5.82 Å². The Morgan fingerprint density at radius 2 is 2.10 bits per heavy atom. The van der Waals surface area contributed by atoms with Gasteiger partial charge in [0.05, 0.1) is 11.7 Å². The van der Waals surface area contributed by atoms with Gasteiger partial charge < -0.3 is 11.1 Å². The molecule has 0 aliphatic rings. The molecule has 0 saturated carbocycles. The molecule has 6 nitrogen and oxygen atoms in total. The molecule has 0 unspecified atom stereocenters. The van der Waals surface area contributed by atoms with E-state index in [0.29, 0.717) is 11.3 Å². The van der Waals surface area contributed by atoms with E-state index in [1.54, 1.807) is 18.5 Å². The zero-order valence-corrected chi connectivity index (χ0v) is 12.3. The quantitative estimate of drug-likeness (QED) is 0.762. The van der Waals surface area contributed by atoms with Gasteiger partial charge in [-0.05, 0) is 24.3 Å². The molecule has 1 aromatic carbocycles. The van der Waals surface area contributed by atoms with Crippen molar-refractivity contribution in [2.75, 3.05) is 5.32 Å². The van der Waals surface area contributed by atoms with Crippen LogP contribution in [0.5, 0.6) is 0 Å². The maximum Gasteiger partial charge on any atom is 0.286 e. The molecule has 0 saturated heterocycles. The second kappa shape index (κ2) is 5.45. The van der Waals surface area contributed by atoms with E-state index in [1.807, 2.05) is 24.3 Å². The molecule has 2 aromatic heterocycles. The first-order valence-corrected chi connectivity index (χ1v) is 6.87. The molecule has 3 aromatic rings. The van der Waals surface area contributed by atoms with Crippen LogP contribution in [0.25, 0.3) is 10.9 Å². The molecule has 104 valence electrons. The normalized spacial score (nSPS) is 10.5. The van der Waals surface area contributed by atoms with Gasteiger partial charge in [-0.3, -0.25) is 9.78 Å². The maximum absolute atomic E-state index is 11.3. The lowest BCUT2D eigenvalue weighted by molar-refractivity contribution is 0.0991. The van der Waals surface area contributed by atoms with Gasteiger partial charge in [-0.25, -0.2) is 9.97 Å². The SMILES string of the molecule is NC(=O)c1nc(Nc2cccc(Br)c2)c2ccncc2n1. The highest BCUT2D eigenvalue weighted by Crippen LogP contribution is 2.24. The van der Waals surface area contributed by atoms with Crippen molar-refractivity contribution in [3.63, 3.8) is 0 Å². The highest BCUT2D eigenvalue weighted by molar-refractivity contribution is 9.10. The molecule has 0 bridgehead atoms. The zero-order chi connectivity index (χ0) is 14.8. The Labute approximate surface area is 128 Å². The number of pyridine rings is 1. The van der Waals surface area contributed by atoms with Crippen LogP contribution in [0, 0.1) is 0 Å². The zero-order valence-electron chi connectivity index (χ0n) is 10.7. The van der Waals surface area contributed by atoms with Gasteiger partial charge in [0.25, 0.3) is 5.91 Å². The summed E-state index contributed by atoms with van der Waals surface area (Å²) >= 11 is 3.41. The fourth-order valence-corrected chi connectivity index (χ4v) is 2.29. The van der Waals surface area contributed by atoms with Crippen molar-refractivity contribution < 1.29 is 4.79 Å². The van der Waals surface area contributed by atoms with Crippen molar-refractivity contribution >= 4 is 44.2 Å². The summed E-state index contributed by atoms with van der Waals surface area (Å²) in [6.45, 7) is 0. The third-order valence-corrected chi connectivity index (χ3v) is 3.30. The number of halogens is 1. The molecular weight excluding hydrogens is 334 g/mol. The number of fused-ring (bicyclic) bond motifs is 1. The average Bonchev–Trinajstić information content (AvgIpc) is 2.47. The number of primary amides is 1. The number of carbonyl (C=O) groups excluding carboxylic acids is 1. The number of rotatable bonds is 3. The van der Waals surface area contributed by atoms with Crippen LogP contribution >= 0.6 is 15.9 Å². The minimum atomic E-state index is -0.682. The number of nitrogens with one attached hydrogen (secondary N) is 1. The lowest BCUT2D eigenvalue weighted by Gasteiger charge is -2.09. The van der Waals surface area contributed by atoms with E-state index in [0.717, 1.165) is 15.5 Å². The highest BCUT2D eigenvalue weighted by atomic mass is 79.9. The molecule has 3 rings (SSSR count). The number of nitrogens with zero attached hydrogens (tertiary/aromatic N) is 3. The van der Waals surface area contributed by atoms with Crippen LogP contribution in [0.15, 0.2) is 47.2 Å². The van der Waals surface area contributed by atoms with Crippen LogP contribution in [0.4, 0.5) is 11.5 Å². The predicted molar refractivity (Wildman–Crippen MR) is 83.3 cm³/mol. The summed E-state index contributed by atoms with van der Waals surface area (Å²) in [5.41, 5.74) is 6.66. The van der Waals surface area contributed by atoms with E-state index in [2.05, 4.69) is 36.2 Å². The first-order chi connectivity index (χ1) is 10.1. The summed E-state index contributed by atoms with van der Waals surface area (Å²) in [4.78, 5) is 23.6. The van der Waals surface area contributed by atoms with E-state index < -0.39 is 5.91 Å². The Kier molecular flexibility index (Phi) is 3.49. The molecule has 0 radical (unpaired) electrons. The van der Waals surface area contributed by atoms with Crippen LogP contribution in [0.1, 0.15) is 10.6 Å². The van der Waals surface area contributed by atoms with E-state index in [4.69, 9.17) is 5.73 Å². The number of hydrogen-bond donors (Lipinski definition) is 2. The number of nitrogens with two attached hydrogens (primary N) is 1. The van der Waals surface area contributed by atoms with Gasteiger partial charge in [-0.1, -0.05) is 22.0 Å². The molecule has 0 atom stereocenters. The molecule has 2 heterocycles. The third kappa shape index (κ3) is 2.82. The van der Waals surface area contributed by atoms with Gasteiger partial charge in [-0.2, -0.15) is 0 Å². The summed E-state index contributed by atoms with van der Waals surface area (Å²) in [7, 11) is 0. The van der Waals surface area contributed by atoms with Crippen molar-refractivity contribution in [2.45, 2.75) is 0 Å². The van der Waals surface area contributed by atoms with Crippen LogP contribution in [-0.4, -0.2) is 20.9 Å². The number of carbonyl (C=O) groups is 1. The lowest BCUT2D eigenvalue weighted by Crippen LogP contribution is -2.16. The topological polar surface area (TPSA) is 93.8 Å². The molecule has 21 heavy (non-hydrogen) atoms. The second-order valence-corrected chi connectivity index (χ2v) is 5.20. The molecular formula is C14H10BrN5O. The predicted octanol–water partition coefficient (Wildman–Crippen LogP) is 2.63. The van der Waals surface area contributed by atoms with Crippen molar-refractivity contribution in [3.05, 3.63) is 53.0 Å². The first-order valence-electron chi connectivity index (χ1n) is 6.07. The maximum atomic E-state index is 11.3. The molecule has 1 amide bonds. The van der Waals surface area contributed by atoms with Gasteiger partial charge in [0.2, 0.25) is 5.82 Å². The molecule has 3 N–H and O–H groups in total. The Hall–Kier alpha value is -2.54. The van der Waals surface area contributed by atoms with Crippen molar-refractivity contribution in [3.8, 4) is 0 Å². The van der Waals surface area contributed by atoms with Crippen LogP contribution in [0.3, 0.4) is 0 Å². The van der Waals surface area contributed by atoms with E-state index in [-0.39, 0.29) is 5.82 Å².